The zero-order chi connectivity index (χ0) is 21.7. The van der Waals surface area contributed by atoms with Crippen molar-refractivity contribution in [1.29, 1.82) is 0 Å². The van der Waals surface area contributed by atoms with Crippen molar-refractivity contribution in [2.24, 2.45) is 45.3 Å². The van der Waals surface area contributed by atoms with Crippen molar-refractivity contribution in [3.63, 3.8) is 0 Å². The van der Waals surface area contributed by atoms with E-state index in [0.29, 0.717) is 0 Å². The topological polar surface area (TPSA) is 0 Å². The highest BCUT2D eigenvalue weighted by Gasteiger charge is 2.79. The van der Waals surface area contributed by atoms with E-state index >= 15 is 0 Å². The quantitative estimate of drug-likeness (QED) is 0.340. The van der Waals surface area contributed by atoms with Crippen molar-refractivity contribution in [2.45, 2.75) is 115 Å². The SMILES string of the molecule is C[SiH](C)CC12CC3C4CC5(C[SiH](C)C)CC(C(C1)C3(C[SiH](C)C)C5)C4(C[SiH](C)C)C2. The molecule has 4 unspecified atom stereocenters. The molecule has 0 aromatic heterocycles. The lowest BCUT2D eigenvalue weighted by atomic mass is 9.23. The lowest BCUT2D eigenvalue weighted by molar-refractivity contribution is -0.324. The fourth-order valence-electron chi connectivity index (χ4n) is 12.3. The predicted molar refractivity (Wildman–Crippen MR) is 146 cm³/mol. The molecule has 172 valence electrons. The molecule has 7 aliphatic carbocycles. The van der Waals surface area contributed by atoms with E-state index in [-0.39, 0.29) is 0 Å². The molecule has 8 bridgehead atoms. The standard InChI is InChI=1S/C26H52Si4/c1-27(2)15-23-9-19-21-11-24(16-28(3)4)12-22(25(21,13-23)17-29(5)6)20(10-23)26(19,14-24)18-30(7)8/h19-22,27-30H,9-18H2,1-8H3. The molecule has 0 radical (unpaired) electrons. The summed E-state index contributed by atoms with van der Waals surface area (Å²) in [5.41, 5.74) is 3.30. The first-order valence-electron chi connectivity index (χ1n) is 13.9. The first-order valence-corrected chi connectivity index (χ1v) is 26.5. The van der Waals surface area contributed by atoms with Gasteiger partial charge in [0, 0.05) is 35.2 Å². The second-order valence-corrected chi connectivity index (χ2v) is 28.2. The number of hydrogen-bond donors (Lipinski definition) is 0. The maximum absolute atomic E-state index is 2.70. The van der Waals surface area contributed by atoms with Crippen LogP contribution >= 0.6 is 0 Å². The predicted octanol–water partition coefficient (Wildman–Crippen LogP) is 6.75. The van der Waals surface area contributed by atoms with Crippen LogP contribution in [0, 0.1) is 45.3 Å². The summed E-state index contributed by atoms with van der Waals surface area (Å²) in [4.78, 5) is 0. The molecular formula is C26H52Si4. The van der Waals surface area contributed by atoms with Crippen LogP contribution in [0.1, 0.15) is 38.5 Å². The molecule has 0 aromatic rings. The average molecular weight is 477 g/mol. The van der Waals surface area contributed by atoms with Crippen molar-refractivity contribution in [1.82, 2.24) is 0 Å². The van der Waals surface area contributed by atoms with Gasteiger partial charge in [0.15, 0.2) is 0 Å². The summed E-state index contributed by atoms with van der Waals surface area (Å²) >= 11 is 0. The van der Waals surface area contributed by atoms with Crippen LogP contribution in [0.25, 0.3) is 0 Å². The average Bonchev–Trinajstić information content (AvgIpc) is 2.56. The molecular weight excluding hydrogens is 425 g/mol. The maximum Gasteiger partial charge on any atom is 0.0311 e. The third-order valence-electron chi connectivity index (χ3n) is 11.2. The molecule has 0 nitrogen and oxygen atoms in total. The van der Waals surface area contributed by atoms with Gasteiger partial charge in [-0.2, -0.15) is 0 Å². The van der Waals surface area contributed by atoms with Gasteiger partial charge in [-0.3, -0.25) is 0 Å². The van der Waals surface area contributed by atoms with Crippen LogP contribution in [-0.2, 0) is 0 Å². The Morgan fingerprint density at radius 1 is 0.467 bits per heavy atom. The van der Waals surface area contributed by atoms with Crippen LogP contribution in [0.4, 0.5) is 0 Å². The van der Waals surface area contributed by atoms with Crippen LogP contribution in [0.15, 0.2) is 0 Å². The third-order valence-corrected chi connectivity index (χ3v) is 17.7. The fraction of sp³-hybridized carbons (Fsp3) is 1.00. The smallest absolute Gasteiger partial charge is 0.0311 e. The zero-order valence-electron chi connectivity index (χ0n) is 21.7. The summed E-state index contributed by atoms with van der Waals surface area (Å²) < 4.78 is 0. The molecule has 7 aliphatic rings. The Balaban J connectivity index is 1.63. The summed E-state index contributed by atoms with van der Waals surface area (Å²) in [6.07, 6.45) is 10.2. The molecule has 7 rings (SSSR count). The summed E-state index contributed by atoms with van der Waals surface area (Å²) in [5, 5.41) is 0. The zero-order valence-corrected chi connectivity index (χ0v) is 26.3. The Kier molecular flexibility index (Phi) is 5.42. The molecule has 7 saturated carbocycles. The van der Waals surface area contributed by atoms with E-state index < -0.39 is 35.2 Å². The Morgan fingerprint density at radius 2 is 0.733 bits per heavy atom. The van der Waals surface area contributed by atoms with Crippen molar-refractivity contribution in [3.05, 3.63) is 0 Å². The number of hydrogen-bond acceptors (Lipinski definition) is 0. The van der Waals surface area contributed by atoms with E-state index in [1.165, 1.54) is 23.7 Å². The molecule has 0 N–H and O–H groups in total. The van der Waals surface area contributed by atoms with Crippen LogP contribution < -0.4 is 0 Å². The van der Waals surface area contributed by atoms with Gasteiger partial charge in [0.05, 0.1) is 0 Å². The van der Waals surface area contributed by atoms with Gasteiger partial charge >= 0.3 is 0 Å². The van der Waals surface area contributed by atoms with Gasteiger partial charge in [0.25, 0.3) is 0 Å². The summed E-state index contributed by atoms with van der Waals surface area (Å²) in [5.74, 6) is 4.66. The van der Waals surface area contributed by atoms with Crippen molar-refractivity contribution in [2.75, 3.05) is 0 Å². The molecule has 0 heterocycles. The minimum atomic E-state index is -0.531. The van der Waals surface area contributed by atoms with Gasteiger partial charge in [0.1, 0.15) is 0 Å². The van der Waals surface area contributed by atoms with Crippen LogP contribution in [0.5, 0.6) is 0 Å². The molecule has 0 aromatic carbocycles. The summed E-state index contributed by atoms with van der Waals surface area (Å²) in [6, 6.07) is 6.84. The minimum Gasteiger partial charge on any atom is -0.0722 e. The lowest BCUT2D eigenvalue weighted by Gasteiger charge is -2.84. The van der Waals surface area contributed by atoms with E-state index in [2.05, 4.69) is 52.4 Å². The van der Waals surface area contributed by atoms with E-state index in [1.807, 2.05) is 0 Å². The highest BCUT2D eigenvalue weighted by Crippen LogP contribution is 2.87. The van der Waals surface area contributed by atoms with Crippen LogP contribution in [-0.4, -0.2) is 35.2 Å². The van der Waals surface area contributed by atoms with E-state index in [4.69, 9.17) is 0 Å². The highest BCUT2D eigenvalue weighted by atomic mass is 28.3. The molecule has 0 saturated heterocycles. The van der Waals surface area contributed by atoms with Gasteiger partial charge < -0.3 is 0 Å². The van der Waals surface area contributed by atoms with Crippen molar-refractivity contribution in [3.8, 4) is 0 Å². The van der Waals surface area contributed by atoms with E-state index in [1.54, 1.807) is 62.7 Å². The first kappa shape index (κ1) is 22.6. The van der Waals surface area contributed by atoms with Crippen molar-refractivity contribution < 1.29 is 0 Å². The molecule has 4 atom stereocenters. The third kappa shape index (κ3) is 3.11. The van der Waals surface area contributed by atoms with E-state index in [9.17, 15) is 0 Å². The lowest BCUT2D eigenvalue weighted by Crippen LogP contribution is -2.76. The van der Waals surface area contributed by atoms with Gasteiger partial charge in [-0.25, -0.2) is 0 Å². The minimum absolute atomic E-state index is 0.493. The largest absolute Gasteiger partial charge is 0.0722 e. The highest BCUT2D eigenvalue weighted by molar-refractivity contribution is 6.57. The summed E-state index contributed by atoms with van der Waals surface area (Å²) in [7, 11) is -2.05. The monoisotopic (exact) mass is 476 g/mol. The second-order valence-electron chi connectivity index (χ2n) is 15.5. The Hall–Kier alpha value is 0.868. The van der Waals surface area contributed by atoms with Gasteiger partial charge in [0.2, 0.25) is 0 Å². The van der Waals surface area contributed by atoms with Gasteiger partial charge in [-0.05, 0) is 83.9 Å². The normalized spacial score (nSPS) is 50.8. The Bertz CT molecular complexity index is 599. The maximum atomic E-state index is 2.70. The molecule has 4 heteroatoms. The Morgan fingerprint density at radius 3 is 0.967 bits per heavy atom. The molecule has 0 aliphatic heterocycles. The molecule has 0 amide bonds. The molecule has 30 heavy (non-hydrogen) atoms. The molecule has 0 spiro atoms. The van der Waals surface area contributed by atoms with Gasteiger partial charge in [-0.15, -0.1) is 0 Å². The van der Waals surface area contributed by atoms with Crippen LogP contribution in [0.3, 0.4) is 0 Å². The second kappa shape index (κ2) is 7.18. The summed E-state index contributed by atoms with van der Waals surface area (Å²) in [6.45, 7) is 21.5. The fourth-order valence-corrected chi connectivity index (χ4v) is 21.2. The Labute approximate surface area is 195 Å². The van der Waals surface area contributed by atoms with E-state index in [0.717, 1.165) is 21.7 Å². The van der Waals surface area contributed by atoms with Gasteiger partial charge in [-0.1, -0.05) is 76.6 Å². The molecule has 7 fully saturated rings. The number of rotatable bonds is 8. The van der Waals surface area contributed by atoms with Crippen LogP contribution in [0.2, 0.25) is 76.6 Å². The van der Waals surface area contributed by atoms with Crippen molar-refractivity contribution >= 4 is 35.2 Å². The first-order chi connectivity index (χ1) is 13.9.